The van der Waals surface area contributed by atoms with Crippen molar-refractivity contribution in [3.05, 3.63) is 29.8 Å². The van der Waals surface area contributed by atoms with Crippen LogP contribution >= 0.6 is 12.2 Å². The van der Waals surface area contributed by atoms with E-state index < -0.39 is 26.6 Å². The third kappa shape index (κ3) is 4.40. The van der Waals surface area contributed by atoms with E-state index >= 15 is 0 Å². The zero-order chi connectivity index (χ0) is 17.7. The Morgan fingerprint density at radius 1 is 1.25 bits per heavy atom. The summed E-state index contributed by atoms with van der Waals surface area (Å²) in [6.45, 7) is 4.14. The van der Waals surface area contributed by atoms with Crippen LogP contribution in [0.2, 0.25) is 0 Å². The van der Waals surface area contributed by atoms with Crippen LogP contribution in [0.5, 0.6) is 0 Å². The van der Waals surface area contributed by atoms with Gasteiger partial charge < -0.3 is 10.2 Å². The van der Waals surface area contributed by atoms with Crippen LogP contribution < -0.4 is 5.32 Å². The first-order valence-corrected chi connectivity index (χ1v) is 9.69. The number of halogens is 2. The molecule has 0 aromatic heterocycles. The highest BCUT2D eigenvalue weighted by Gasteiger charge is 2.31. The Morgan fingerprint density at radius 2 is 1.92 bits per heavy atom. The van der Waals surface area contributed by atoms with Crippen LogP contribution in [0.3, 0.4) is 0 Å². The summed E-state index contributed by atoms with van der Waals surface area (Å²) in [5.41, 5.74) is 0. The Bertz CT molecular complexity index is 690. The lowest BCUT2D eigenvalue weighted by molar-refractivity contribution is 0.263. The fourth-order valence-corrected chi connectivity index (χ4v) is 4.19. The highest BCUT2D eigenvalue weighted by molar-refractivity contribution is 7.89. The topological polar surface area (TPSA) is 52.6 Å². The van der Waals surface area contributed by atoms with Gasteiger partial charge >= 0.3 is 0 Å². The average Bonchev–Trinajstić information content (AvgIpc) is 2.54. The van der Waals surface area contributed by atoms with Crippen molar-refractivity contribution >= 4 is 27.4 Å². The zero-order valence-corrected chi connectivity index (χ0v) is 15.1. The summed E-state index contributed by atoms with van der Waals surface area (Å²) in [6.07, 6.45) is 2.07. The lowest BCUT2D eigenvalue weighted by atomic mass is 10.3. The van der Waals surface area contributed by atoms with Crippen LogP contribution in [0, 0.1) is 11.6 Å². The Labute approximate surface area is 146 Å². The molecule has 9 heteroatoms. The van der Waals surface area contributed by atoms with E-state index in [9.17, 15) is 17.2 Å². The number of hydrogen-bond donors (Lipinski definition) is 1. The molecule has 1 aromatic rings. The maximum Gasteiger partial charge on any atom is 0.246 e. The number of unbranched alkanes of at least 4 members (excludes halogenated alkanes) is 1. The standard InChI is InChI=1S/C15H21F2N3O2S2/c1-2-3-6-18-15(23)19-7-9-20(10-8-19)24(21,22)14-5-4-12(16)11-13(14)17/h4-5,11H,2-3,6-10H2,1H3,(H,18,23). The molecule has 0 radical (unpaired) electrons. The minimum atomic E-state index is -3.98. The minimum Gasteiger partial charge on any atom is -0.363 e. The van der Waals surface area contributed by atoms with Crippen LogP contribution in [-0.4, -0.2) is 55.5 Å². The molecule has 1 aliphatic heterocycles. The third-order valence-corrected chi connectivity index (χ3v) is 6.18. The molecule has 5 nitrogen and oxygen atoms in total. The number of hydrogen-bond acceptors (Lipinski definition) is 3. The third-order valence-electron chi connectivity index (χ3n) is 3.84. The predicted octanol–water partition coefficient (Wildman–Crippen LogP) is 1.95. The van der Waals surface area contributed by atoms with Gasteiger partial charge in [0.15, 0.2) is 5.11 Å². The van der Waals surface area contributed by atoms with Gasteiger partial charge in [-0.2, -0.15) is 4.31 Å². The molecule has 0 aliphatic carbocycles. The lowest BCUT2D eigenvalue weighted by Crippen LogP contribution is -2.53. The minimum absolute atomic E-state index is 0.203. The molecule has 0 saturated carbocycles. The Morgan fingerprint density at radius 3 is 2.50 bits per heavy atom. The summed E-state index contributed by atoms with van der Waals surface area (Å²) < 4.78 is 53.0. The average molecular weight is 377 g/mol. The van der Waals surface area contributed by atoms with E-state index in [0.29, 0.717) is 24.3 Å². The number of nitrogens with zero attached hydrogens (tertiary/aromatic N) is 2. The fraction of sp³-hybridized carbons (Fsp3) is 0.533. The molecule has 24 heavy (non-hydrogen) atoms. The first-order valence-electron chi connectivity index (χ1n) is 7.84. The SMILES string of the molecule is CCCCNC(=S)N1CCN(S(=O)(=O)c2ccc(F)cc2F)CC1. The molecule has 1 aliphatic rings. The summed E-state index contributed by atoms with van der Waals surface area (Å²) in [7, 11) is -3.98. The summed E-state index contributed by atoms with van der Waals surface area (Å²) in [6, 6.07) is 2.48. The number of thiocarbonyl (C=S) groups is 1. The number of rotatable bonds is 5. The van der Waals surface area contributed by atoms with E-state index in [4.69, 9.17) is 12.2 Å². The van der Waals surface area contributed by atoms with Crippen molar-refractivity contribution in [2.75, 3.05) is 32.7 Å². The molecule has 1 fully saturated rings. The van der Waals surface area contributed by atoms with E-state index in [1.165, 1.54) is 4.31 Å². The summed E-state index contributed by atoms with van der Waals surface area (Å²) in [5, 5.41) is 3.75. The van der Waals surface area contributed by atoms with Crippen LogP contribution in [-0.2, 0) is 10.0 Å². The van der Waals surface area contributed by atoms with Crippen molar-refractivity contribution in [2.24, 2.45) is 0 Å². The predicted molar refractivity (Wildman–Crippen MR) is 92.2 cm³/mol. The fourth-order valence-electron chi connectivity index (χ4n) is 2.44. The zero-order valence-electron chi connectivity index (χ0n) is 13.5. The van der Waals surface area contributed by atoms with Crippen molar-refractivity contribution in [1.29, 1.82) is 0 Å². The van der Waals surface area contributed by atoms with E-state index in [2.05, 4.69) is 12.2 Å². The highest BCUT2D eigenvalue weighted by atomic mass is 32.2. The molecule has 0 spiro atoms. The summed E-state index contributed by atoms with van der Waals surface area (Å²) in [5.74, 6) is -1.88. The van der Waals surface area contributed by atoms with Crippen LogP contribution in [0.1, 0.15) is 19.8 Å². The van der Waals surface area contributed by atoms with Gasteiger partial charge in [-0.3, -0.25) is 0 Å². The molecule has 1 aromatic carbocycles. The lowest BCUT2D eigenvalue weighted by Gasteiger charge is -2.35. The maximum atomic E-state index is 13.8. The van der Waals surface area contributed by atoms with Gasteiger partial charge in [-0.15, -0.1) is 0 Å². The molecule has 0 atom stereocenters. The maximum absolute atomic E-state index is 13.8. The largest absolute Gasteiger partial charge is 0.363 e. The molecule has 0 bridgehead atoms. The number of nitrogens with one attached hydrogen (secondary N) is 1. The molecular weight excluding hydrogens is 356 g/mol. The smallest absolute Gasteiger partial charge is 0.246 e. The van der Waals surface area contributed by atoms with Crippen LogP contribution in [0.25, 0.3) is 0 Å². The summed E-state index contributed by atoms with van der Waals surface area (Å²) >= 11 is 5.29. The molecule has 1 saturated heterocycles. The monoisotopic (exact) mass is 377 g/mol. The number of sulfonamides is 1. The van der Waals surface area contributed by atoms with Gasteiger partial charge in [0, 0.05) is 38.8 Å². The van der Waals surface area contributed by atoms with E-state index in [1.807, 2.05) is 4.90 Å². The number of piperazine rings is 1. The first kappa shape index (κ1) is 19.0. The normalized spacial score (nSPS) is 16.2. The Hall–Kier alpha value is -1.32. The summed E-state index contributed by atoms with van der Waals surface area (Å²) in [4.78, 5) is 1.40. The Balaban J connectivity index is 1.99. The van der Waals surface area contributed by atoms with Gasteiger partial charge in [-0.25, -0.2) is 17.2 Å². The van der Waals surface area contributed by atoms with Gasteiger partial charge in [0.2, 0.25) is 10.0 Å². The second kappa shape index (κ2) is 8.17. The van der Waals surface area contributed by atoms with E-state index in [1.54, 1.807) is 0 Å². The van der Waals surface area contributed by atoms with Crippen LogP contribution in [0.4, 0.5) is 8.78 Å². The molecule has 1 N–H and O–H groups in total. The van der Waals surface area contributed by atoms with Gasteiger partial charge in [0.25, 0.3) is 0 Å². The van der Waals surface area contributed by atoms with Crippen molar-refractivity contribution in [2.45, 2.75) is 24.7 Å². The van der Waals surface area contributed by atoms with Crippen molar-refractivity contribution in [1.82, 2.24) is 14.5 Å². The highest BCUT2D eigenvalue weighted by Crippen LogP contribution is 2.21. The van der Waals surface area contributed by atoms with Gasteiger partial charge in [-0.1, -0.05) is 13.3 Å². The van der Waals surface area contributed by atoms with Crippen molar-refractivity contribution in [3.63, 3.8) is 0 Å². The molecular formula is C15H21F2N3O2S2. The van der Waals surface area contributed by atoms with Gasteiger partial charge in [0.1, 0.15) is 16.5 Å². The van der Waals surface area contributed by atoms with E-state index in [0.717, 1.165) is 31.5 Å². The Kier molecular flexibility index (Phi) is 6.47. The molecule has 1 heterocycles. The van der Waals surface area contributed by atoms with Gasteiger partial charge in [-0.05, 0) is 30.8 Å². The second-order valence-electron chi connectivity index (χ2n) is 5.55. The first-order chi connectivity index (χ1) is 11.4. The molecule has 2 rings (SSSR count). The second-order valence-corrected chi connectivity index (χ2v) is 7.84. The molecule has 134 valence electrons. The number of benzene rings is 1. The van der Waals surface area contributed by atoms with Crippen molar-refractivity contribution < 1.29 is 17.2 Å². The van der Waals surface area contributed by atoms with E-state index in [-0.39, 0.29) is 13.1 Å². The molecule has 0 amide bonds. The van der Waals surface area contributed by atoms with Gasteiger partial charge in [0.05, 0.1) is 0 Å². The van der Waals surface area contributed by atoms with Crippen molar-refractivity contribution in [3.8, 4) is 0 Å². The van der Waals surface area contributed by atoms with Crippen LogP contribution in [0.15, 0.2) is 23.1 Å². The quantitative estimate of drug-likeness (QED) is 0.628. The molecule has 0 unspecified atom stereocenters.